The minimum atomic E-state index is 1.15. The summed E-state index contributed by atoms with van der Waals surface area (Å²) >= 11 is 0. The van der Waals surface area contributed by atoms with Crippen LogP contribution in [0.4, 0.5) is 0 Å². The van der Waals surface area contributed by atoms with Crippen LogP contribution < -0.4 is 0 Å². The number of benzene rings is 1. The summed E-state index contributed by atoms with van der Waals surface area (Å²) in [7, 11) is 0. The molecule has 2 heteroatoms. The van der Waals surface area contributed by atoms with Gasteiger partial charge in [-0.3, -0.25) is 5.10 Å². The van der Waals surface area contributed by atoms with E-state index in [0.29, 0.717) is 0 Å². The molecule has 0 spiro atoms. The highest BCUT2D eigenvalue weighted by Crippen LogP contribution is 2.29. The van der Waals surface area contributed by atoms with E-state index in [0.717, 1.165) is 6.42 Å². The lowest BCUT2D eigenvalue weighted by Gasteiger charge is -2.14. The summed E-state index contributed by atoms with van der Waals surface area (Å²) in [5, 5.41) is 8.21. The molecule has 1 heterocycles. The molecule has 2 aromatic rings. The summed E-state index contributed by atoms with van der Waals surface area (Å²) < 4.78 is 0. The van der Waals surface area contributed by atoms with Gasteiger partial charge in [0.2, 0.25) is 0 Å². The Bertz CT molecular complexity index is 401. The molecule has 0 fully saturated rings. The number of nitrogens with one attached hydrogen (secondary N) is 1. The molecular formula is C8H6N2. The summed E-state index contributed by atoms with van der Waals surface area (Å²) in [5.41, 5.74) is 4.03. The van der Waals surface area contributed by atoms with Crippen LogP contribution in [0.15, 0.2) is 18.3 Å². The maximum atomic E-state index is 3.97. The molecule has 0 atom stereocenters. The average Bonchev–Trinajstić information content (AvgIpc) is 2.29. The predicted octanol–water partition coefficient (Wildman–Crippen LogP) is 1.47. The van der Waals surface area contributed by atoms with Crippen molar-refractivity contribution in [2.45, 2.75) is 6.42 Å². The highest BCUT2D eigenvalue weighted by atomic mass is 15.1. The fraction of sp³-hybridized carbons (Fsp3) is 0.125. The predicted molar refractivity (Wildman–Crippen MR) is 38.9 cm³/mol. The molecule has 2 aliphatic carbocycles. The SMILES string of the molecule is c1c2cc3[nH]ncc3c1C2. The van der Waals surface area contributed by atoms with Crippen LogP contribution >= 0.6 is 0 Å². The molecule has 2 nitrogen and oxygen atoms in total. The van der Waals surface area contributed by atoms with E-state index in [4.69, 9.17) is 0 Å². The maximum absolute atomic E-state index is 3.97. The van der Waals surface area contributed by atoms with Gasteiger partial charge in [-0.25, -0.2) is 0 Å². The first-order valence-electron chi connectivity index (χ1n) is 3.38. The standard InChI is InChI=1S/C8H6N2/c1-5-2-6(1)7-4-9-10-8(7)3-5/h1,3-4H,2H2,(H,9,10). The van der Waals surface area contributed by atoms with Gasteiger partial charge in [0.25, 0.3) is 0 Å². The van der Waals surface area contributed by atoms with Crippen LogP contribution in [0.5, 0.6) is 0 Å². The van der Waals surface area contributed by atoms with Crippen LogP contribution in [0.25, 0.3) is 10.9 Å². The molecule has 2 bridgehead atoms. The zero-order chi connectivity index (χ0) is 6.55. The third-order valence-electron chi connectivity index (χ3n) is 2.10. The minimum absolute atomic E-state index is 1.15. The minimum Gasteiger partial charge on any atom is -0.278 e. The number of hydrogen-bond donors (Lipinski definition) is 1. The summed E-state index contributed by atoms with van der Waals surface area (Å²) in [5.74, 6) is 0. The summed E-state index contributed by atoms with van der Waals surface area (Å²) in [6.45, 7) is 0. The number of rotatable bonds is 0. The fourth-order valence-corrected chi connectivity index (χ4v) is 1.53. The Kier molecular flexibility index (Phi) is 0.556. The van der Waals surface area contributed by atoms with Crippen molar-refractivity contribution in [1.29, 1.82) is 0 Å². The van der Waals surface area contributed by atoms with Crippen molar-refractivity contribution in [1.82, 2.24) is 10.2 Å². The lowest BCUT2D eigenvalue weighted by atomic mass is 9.90. The summed E-state index contributed by atoms with van der Waals surface area (Å²) in [6, 6.07) is 4.38. The van der Waals surface area contributed by atoms with Gasteiger partial charge in [0, 0.05) is 5.39 Å². The van der Waals surface area contributed by atoms with Gasteiger partial charge in [-0.1, -0.05) is 6.07 Å². The fourth-order valence-electron chi connectivity index (χ4n) is 1.53. The van der Waals surface area contributed by atoms with E-state index in [1.165, 1.54) is 22.0 Å². The molecule has 0 unspecified atom stereocenters. The second-order valence-electron chi connectivity index (χ2n) is 2.76. The Morgan fingerprint density at radius 1 is 1.40 bits per heavy atom. The van der Waals surface area contributed by atoms with Crippen LogP contribution in [0.3, 0.4) is 0 Å². The first kappa shape index (κ1) is 4.50. The van der Waals surface area contributed by atoms with Crippen molar-refractivity contribution in [2.75, 3.05) is 0 Å². The number of hydrogen-bond acceptors (Lipinski definition) is 1. The van der Waals surface area contributed by atoms with Gasteiger partial charge >= 0.3 is 0 Å². The van der Waals surface area contributed by atoms with Crippen LogP contribution in [-0.2, 0) is 6.42 Å². The third-order valence-corrected chi connectivity index (χ3v) is 2.10. The van der Waals surface area contributed by atoms with E-state index in [1.807, 2.05) is 6.20 Å². The Balaban J connectivity index is 2.66. The van der Waals surface area contributed by atoms with Gasteiger partial charge in [-0.15, -0.1) is 0 Å². The highest BCUT2D eigenvalue weighted by molar-refractivity contribution is 5.85. The second kappa shape index (κ2) is 1.24. The van der Waals surface area contributed by atoms with Gasteiger partial charge < -0.3 is 0 Å². The van der Waals surface area contributed by atoms with Gasteiger partial charge in [0.05, 0.1) is 11.7 Å². The first-order valence-corrected chi connectivity index (χ1v) is 3.38. The average molecular weight is 130 g/mol. The Morgan fingerprint density at radius 2 is 2.30 bits per heavy atom. The summed E-state index contributed by atoms with van der Waals surface area (Å²) in [6.07, 6.45) is 3.04. The molecule has 0 saturated carbocycles. The van der Waals surface area contributed by atoms with Gasteiger partial charge in [-0.05, 0) is 23.6 Å². The van der Waals surface area contributed by atoms with Gasteiger partial charge in [0.15, 0.2) is 0 Å². The topological polar surface area (TPSA) is 28.7 Å². The highest BCUT2D eigenvalue weighted by Gasteiger charge is 2.13. The van der Waals surface area contributed by atoms with E-state index >= 15 is 0 Å². The molecule has 0 aliphatic heterocycles. The molecule has 4 rings (SSSR count). The van der Waals surface area contributed by atoms with Gasteiger partial charge in [0.1, 0.15) is 0 Å². The zero-order valence-electron chi connectivity index (χ0n) is 5.39. The van der Waals surface area contributed by atoms with Crippen LogP contribution in [0.2, 0.25) is 0 Å². The molecule has 0 radical (unpaired) electrons. The number of aromatic nitrogens is 2. The van der Waals surface area contributed by atoms with Gasteiger partial charge in [-0.2, -0.15) is 5.10 Å². The molecule has 0 saturated heterocycles. The van der Waals surface area contributed by atoms with Crippen LogP contribution in [0.1, 0.15) is 11.1 Å². The largest absolute Gasteiger partial charge is 0.278 e. The molecule has 48 valence electrons. The first-order chi connectivity index (χ1) is 4.93. The normalized spacial score (nSPS) is 13.6. The van der Waals surface area contributed by atoms with Crippen LogP contribution in [-0.4, -0.2) is 10.2 Å². The number of aromatic amines is 1. The molecule has 1 aromatic carbocycles. The van der Waals surface area contributed by atoms with Crippen molar-refractivity contribution in [2.24, 2.45) is 0 Å². The number of nitrogens with zero attached hydrogens (tertiary/aromatic N) is 1. The Labute approximate surface area is 57.9 Å². The summed E-state index contributed by atoms with van der Waals surface area (Å²) in [4.78, 5) is 0. The van der Waals surface area contributed by atoms with Crippen molar-refractivity contribution in [3.05, 3.63) is 29.5 Å². The maximum Gasteiger partial charge on any atom is 0.0656 e. The van der Waals surface area contributed by atoms with Crippen molar-refractivity contribution in [3.63, 3.8) is 0 Å². The van der Waals surface area contributed by atoms with Crippen molar-refractivity contribution >= 4 is 10.9 Å². The monoisotopic (exact) mass is 130 g/mol. The number of H-pyrrole nitrogens is 1. The van der Waals surface area contributed by atoms with Crippen molar-refractivity contribution < 1.29 is 0 Å². The third kappa shape index (κ3) is 0.355. The lowest BCUT2D eigenvalue weighted by molar-refractivity contribution is 1.10. The molecule has 0 amide bonds. The smallest absolute Gasteiger partial charge is 0.0656 e. The molecule has 1 aromatic heterocycles. The van der Waals surface area contributed by atoms with E-state index in [-0.39, 0.29) is 0 Å². The van der Waals surface area contributed by atoms with E-state index in [1.54, 1.807) is 0 Å². The van der Waals surface area contributed by atoms with E-state index in [2.05, 4.69) is 22.3 Å². The Morgan fingerprint density at radius 3 is 3.10 bits per heavy atom. The molecule has 2 aliphatic rings. The Hall–Kier alpha value is -1.31. The van der Waals surface area contributed by atoms with Crippen molar-refractivity contribution in [3.8, 4) is 0 Å². The zero-order valence-corrected chi connectivity index (χ0v) is 5.39. The van der Waals surface area contributed by atoms with E-state index in [9.17, 15) is 0 Å². The molecular weight excluding hydrogens is 124 g/mol. The second-order valence-corrected chi connectivity index (χ2v) is 2.76. The molecule has 10 heavy (non-hydrogen) atoms. The quantitative estimate of drug-likeness (QED) is 0.490. The molecule has 1 N–H and O–H groups in total. The van der Waals surface area contributed by atoms with Crippen LogP contribution in [0, 0.1) is 0 Å². The van der Waals surface area contributed by atoms with E-state index < -0.39 is 0 Å². The lowest BCUT2D eigenvalue weighted by Crippen LogP contribution is -2.00.